The van der Waals surface area contributed by atoms with Gasteiger partial charge in [0.2, 0.25) is 0 Å². The Labute approximate surface area is 264 Å². The number of hydrogen-bond donors (Lipinski definition) is 0. The molecule has 0 aliphatic heterocycles. The van der Waals surface area contributed by atoms with Crippen LogP contribution >= 0.6 is 0 Å². The van der Waals surface area contributed by atoms with Gasteiger partial charge in [-0.15, -0.1) is 13.2 Å². The van der Waals surface area contributed by atoms with E-state index in [2.05, 4.69) is 82.4 Å². The molecule has 0 N–H and O–H groups in total. The van der Waals surface area contributed by atoms with Crippen LogP contribution in [0.3, 0.4) is 0 Å². The quantitative estimate of drug-likeness (QED) is 0.151. The average Bonchev–Trinajstić information content (AvgIpc) is 3.25. The summed E-state index contributed by atoms with van der Waals surface area (Å²) in [6.07, 6.45) is 24.8. The minimum atomic E-state index is 0.874. The Morgan fingerprint density at radius 3 is 1.63 bits per heavy atom. The number of fused-ring (bicyclic) bond motifs is 1. The SMILES string of the molecule is C=C.CC.CC(C)C1CCC2C(C)CC(C)C2C1.CCCCC(CCC)CCCC(C)CCCC(CCC)C(C)C. The van der Waals surface area contributed by atoms with Crippen molar-refractivity contribution in [2.24, 2.45) is 59.2 Å². The fraction of sp³-hybridized carbons (Fsp3) is 0.951. The largest absolute Gasteiger partial charge is 0.106 e. The van der Waals surface area contributed by atoms with Crippen LogP contribution in [0.2, 0.25) is 0 Å². The highest BCUT2D eigenvalue weighted by atomic mass is 14.5. The van der Waals surface area contributed by atoms with E-state index in [4.69, 9.17) is 0 Å². The molecule has 248 valence electrons. The summed E-state index contributed by atoms with van der Waals surface area (Å²) < 4.78 is 0. The van der Waals surface area contributed by atoms with E-state index in [-0.39, 0.29) is 0 Å². The highest BCUT2D eigenvalue weighted by Gasteiger charge is 2.42. The van der Waals surface area contributed by atoms with Gasteiger partial charge < -0.3 is 0 Å². The van der Waals surface area contributed by atoms with E-state index >= 15 is 0 Å². The van der Waals surface area contributed by atoms with Gasteiger partial charge in [0.05, 0.1) is 0 Å². The van der Waals surface area contributed by atoms with Crippen LogP contribution < -0.4 is 0 Å². The zero-order chi connectivity index (χ0) is 31.8. The third-order valence-electron chi connectivity index (χ3n) is 11.0. The van der Waals surface area contributed by atoms with E-state index < -0.39 is 0 Å². The van der Waals surface area contributed by atoms with Crippen LogP contribution in [0.15, 0.2) is 13.2 Å². The summed E-state index contributed by atoms with van der Waals surface area (Å²) in [5.74, 6) is 9.93. The Kier molecular flexibility index (Phi) is 28.5. The Morgan fingerprint density at radius 1 is 0.585 bits per heavy atom. The molecule has 0 heteroatoms. The van der Waals surface area contributed by atoms with Crippen molar-refractivity contribution in [3.05, 3.63) is 13.2 Å². The highest BCUT2D eigenvalue weighted by Crippen LogP contribution is 2.51. The number of unbranched alkanes of at least 4 members (excludes halogenated alkanes) is 1. The molecular weight excluding hydrogens is 492 g/mol. The Hall–Kier alpha value is -0.260. The fourth-order valence-electron chi connectivity index (χ4n) is 8.31. The van der Waals surface area contributed by atoms with Crippen molar-refractivity contribution in [3.63, 3.8) is 0 Å². The predicted octanol–water partition coefficient (Wildman–Crippen LogP) is 14.8. The maximum Gasteiger partial charge on any atom is -0.0355 e. The van der Waals surface area contributed by atoms with Gasteiger partial charge in [-0.05, 0) is 84.9 Å². The predicted molar refractivity (Wildman–Crippen MR) is 193 cm³/mol. The molecule has 0 spiro atoms. The van der Waals surface area contributed by atoms with E-state index in [0.29, 0.717) is 0 Å². The first-order chi connectivity index (χ1) is 19.6. The van der Waals surface area contributed by atoms with Crippen LogP contribution in [0.25, 0.3) is 0 Å². The van der Waals surface area contributed by atoms with E-state index in [1.165, 1.54) is 109 Å². The van der Waals surface area contributed by atoms with Gasteiger partial charge in [-0.2, -0.15) is 0 Å². The molecule has 0 heterocycles. The van der Waals surface area contributed by atoms with Crippen LogP contribution in [0, 0.1) is 59.2 Å². The minimum absolute atomic E-state index is 0.874. The summed E-state index contributed by atoms with van der Waals surface area (Å²) in [6, 6.07) is 0. The maximum atomic E-state index is 3.00. The molecule has 0 amide bonds. The molecule has 0 saturated heterocycles. The molecule has 2 fully saturated rings. The van der Waals surface area contributed by atoms with Gasteiger partial charge in [0.1, 0.15) is 0 Å². The van der Waals surface area contributed by atoms with Gasteiger partial charge in [0.15, 0.2) is 0 Å². The molecule has 2 rings (SSSR count). The lowest BCUT2D eigenvalue weighted by Gasteiger charge is -2.37. The third-order valence-corrected chi connectivity index (χ3v) is 11.0. The molecule has 0 aromatic heterocycles. The monoisotopic (exact) mass is 577 g/mol. The van der Waals surface area contributed by atoms with Crippen LogP contribution in [0.5, 0.6) is 0 Å². The second-order valence-corrected chi connectivity index (χ2v) is 14.9. The van der Waals surface area contributed by atoms with E-state index in [1.54, 1.807) is 0 Å². The van der Waals surface area contributed by atoms with E-state index in [0.717, 1.165) is 59.2 Å². The average molecular weight is 577 g/mol. The molecule has 2 aliphatic rings. The van der Waals surface area contributed by atoms with Gasteiger partial charge >= 0.3 is 0 Å². The third kappa shape index (κ3) is 18.9. The summed E-state index contributed by atoms with van der Waals surface area (Å²) in [4.78, 5) is 0. The molecule has 8 atom stereocenters. The zero-order valence-electron chi connectivity index (χ0n) is 31.2. The molecule has 0 aromatic carbocycles. The van der Waals surface area contributed by atoms with Crippen LogP contribution in [-0.4, -0.2) is 0 Å². The summed E-state index contributed by atoms with van der Waals surface area (Å²) in [6.45, 7) is 34.1. The van der Waals surface area contributed by atoms with Gasteiger partial charge in [0, 0.05) is 0 Å². The molecular formula is C41H84. The first kappa shape index (κ1) is 42.9. The van der Waals surface area contributed by atoms with Gasteiger partial charge in [0.25, 0.3) is 0 Å². The highest BCUT2D eigenvalue weighted by molar-refractivity contribution is 4.92. The lowest BCUT2D eigenvalue weighted by atomic mass is 9.69. The summed E-state index contributed by atoms with van der Waals surface area (Å²) in [5.41, 5.74) is 0. The minimum Gasteiger partial charge on any atom is -0.106 e. The normalized spacial score (nSPS) is 25.6. The first-order valence-corrected chi connectivity index (χ1v) is 19.1. The van der Waals surface area contributed by atoms with Crippen molar-refractivity contribution in [1.82, 2.24) is 0 Å². The van der Waals surface area contributed by atoms with Crippen LogP contribution in [0.4, 0.5) is 0 Å². The van der Waals surface area contributed by atoms with Crippen molar-refractivity contribution in [3.8, 4) is 0 Å². The second-order valence-electron chi connectivity index (χ2n) is 14.9. The lowest BCUT2D eigenvalue weighted by Crippen LogP contribution is -2.28. The molecule has 2 saturated carbocycles. The maximum absolute atomic E-state index is 3.00. The standard InChI is InChI=1S/C23H48.C14H26.C2H6.C2H4/c1-7-10-17-22(13-8-2)18-11-15-21(6)16-12-19-23(14-9-3)20(4)5;1-9(2)12-5-6-13-10(3)7-11(4)14(13)8-12;2*1-2/h20-23H,7-19H2,1-6H3;9-14H,5-8H2,1-4H3;1-2H3;1-2H2. The Morgan fingerprint density at radius 2 is 1.12 bits per heavy atom. The van der Waals surface area contributed by atoms with Crippen molar-refractivity contribution >= 4 is 0 Å². The van der Waals surface area contributed by atoms with Gasteiger partial charge in [-0.3, -0.25) is 0 Å². The van der Waals surface area contributed by atoms with Crippen molar-refractivity contribution in [2.75, 3.05) is 0 Å². The van der Waals surface area contributed by atoms with Crippen LogP contribution in [0.1, 0.15) is 192 Å². The second kappa shape index (κ2) is 27.3. The molecule has 41 heavy (non-hydrogen) atoms. The number of hydrogen-bond acceptors (Lipinski definition) is 0. The summed E-state index contributed by atoms with van der Waals surface area (Å²) in [7, 11) is 0. The summed E-state index contributed by atoms with van der Waals surface area (Å²) >= 11 is 0. The van der Waals surface area contributed by atoms with Crippen LogP contribution in [-0.2, 0) is 0 Å². The van der Waals surface area contributed by atoms with Crippen molar-refractivity contribution in [2.45, 2.75) is 192 Å². The molecule has 8 unspecified atom stereocenters. The lowest BCUT2D eigenvalue weighted by molar-refractivity contribution is 0.134. The zero-order valence-corrected chi connectivity index (χ0v) is 31.2. The van der Waals surface area contributed by atoms with Gasteiger partial charge in [-0.25, -0.2) is 0 Å². The van der Waals surface area contributed by atoms with Crippen molar-refractivity contribution < 1.29 is 0 Å². The van der Waals surface area contributed by atoms with Crippen molar-refractivity contribution in [1.29, 1.82) is 0 Å². The first-order valence-electron chi connectivity index (χ1n) is 19.1. The molecule has 0 aromatic rings. The number of rotatable bonds is 17. The van der Waals surface area contributed by atoms with E-state index in [1.807, 2.05) is 13.8 Å². The van der Waals surface area contributed by atoms with Gasteiger partial charge in [-0.1, -0.05) is 167 Å². The molecule has 2 aliphatic carbocycles. The topological polar surface area (TPSA) is 0 Å². The Bertz CT molecular complexity index is 532. The molecule has 0 bridgehead atoms. The smallest absolute Gasteiger partial charge is 0.0355 e. The van der Waals surface area contributed by atoms with E-state index in [9.17, 15) is 0 Å². The molecule has 0 nitrogen and oxygen atoms in total. The summed E-state index contributed by atoms with van der Waals surface area (Å²) in [5, 5.41) is 0. The Balaban J connectivity index is 0. The fourth-order valence-corrected chi connectivity index (χ4v) is 8.31. The molecule has 0 radical (unpaired) electrons.